The van der Waals surface area contributed by atoms with E-state index in [2.05, 4.69) is 39.7 Å². The number of rotatable bonds is 7. The average molecular weight is 478 g/mol. The van der Waals surface area contributed by atoms with Crippen molar-refractivity contribution in [1.29, 1.82) is 0 Å². The van der Waals surface area contributed by atoms with Crippen molar-refractivity contribution in [2.24, 2.45) is 17.5 Å². The summed E-state index contributed by atoms with van der Waals surface area (Å²) in [6.45, 7) is 8.37. The molecule has 8 heteroatoms. The molecule has 0 amide bonds. The molecule has 0 aliphatic heterocycles. The minimum absolute atomic E-state index is 0. The Morgan fingerprint density at radius 1 is 1.35 bits per heavy atom. The Morgan fingerprint density at radius 2 is 2.12 bits per heavy atom. The van der Waals surface area contributed by atoms with Crippen LogP contribution in [-0.4, -0.2) is 45.0 Å². The maximum Gasteiger partial charge on any atom is 0.191 e. The van der Waals surface area contributed by atoms with Gasteiger partial charge in [-0.1, -0.05) is 33.1 Å². The molecule has 0 aromatic carbocycles. The molecule has 1 aromatic heterocycles. The summed E-state index contributed by atoms with van der Waals surface area (Å²) in [6.07, 6.45) is 6.24. The molecule has 2 rings (SSSR count). The number of halogens is 1. The van der Waals surface area contributed by atoms with Gasteiger partial charge in [-0.15, -0.1) is 34.2 Å². The Hall–Kier alpha value is -0.900. The number of unbranched alkanes of at least 4 members (excludes halogenated alkanes) is 1. The summed E-state index contributed by atoms with van der Waals surface area (Å²) in [7, 11) is 1.96. The van der Waals surface area contributed by atoms with Crippen molar-refractivity contribution in [2.75, 3.05) is 13.1 Å². The van der Waals surface area contributed by atoms with E-state index in [0.717, 1.165) is 62.8 Å². The fourth-order valence-electron chi connectivity index (χ4n) is 3.17. The summed E-state index contributed by atoms with van der Waals surface area (Å²) in [6, 6.07) is 0. The fraction of sp³-hybridized carbons (Fsp3) is 0.833. The zero-order chi connectivity index (χ0) is 18.3. The number of hydrogen-bond acceptors (Lipinski definition) is 4. The van der Waals surface area contributed by atoms with E-state index in [0.29, 0.717) is 6.54 Å². The van der Waals surface area contributed by atoms with Crippen molar-refractivity contribution in [3.63, 3.8) is 0 Å². The van der Waals surface area contributed by atoms with E-state index in [4.69, 9.17) is 0 Å². The average Bonchev–Trinajstić information content (AvgIpc) is 2.92. The largest absolute Gasteiger partial charge is 0.392 e. The van der Waals surface area contributed by atoms with Crippen LogP contribution in [0.4, 0.5) is 0 Å². The molecular weight excluding hydrogens is 443 g/mol. The third kappa shape index (κ3) is 6.37. The van der Waals surface area contributed by atoms with Gasteiger partial charge in [0.1, 0.15) is 12.4 Å². The van der Waals surface area contributed by atoms with Gasteiger partial charge in [-0.25, -0.2) is 4.99 Å². The number of guanidine groups is 1. The Bertz CT molecular complexity index is 576. The molecule has 1 aliphatic rings. The highest BCUT2D eigenvalue weighted by Crippen LogP contribution is 2.35. The third-order valence-electron chi connectivity index (χ3n) is 5.32. The molecule has 7 nitrogen and oxygen atoms in total. The Labute approximate surface area is 174 Å². The fourth-order valence-corrected chi connectivity index (χ4v) is 3.17. The van der Waals surface area contributed by atoms with Crippen LogP contribution < -0.4 is 10.6 Å². The second kappa shape index (κ2) is 11.1. The van der Waals surface area contributed by atoms with Gasteiger partial charge in [0.05, 0.1) is 6.10 Å². The standard InChI is InChI=1S/C18H34N6O.HI/c1-5-6-11-19-17(20-12-16-23-22-14(2)24(16)4)21-13-18(3)10-8-7-9-15(18)25;/h15,25H,5-13H2,1-4H3,(H2,19,20,21);1H. The molecular formula is C18H35IN6O. The second-order valence-corrected chi connectivity index (χ2v) is 7.44. The highest BCUT2D eigenvalue weighted by molar-refractivity contribution is 14.0. The number of aliphatic hydroxyl groups excluding tert-OH is 1. The molecule has 0 saturated heterocycles. The first-order valence-corrected chi connectivity index (χ1v) is 9.51. The molecule has 0 radical (unpaired) electrons. The molecule has 1 aromatic rings. The van der Waals surface area contributed by atoms with Gasteiger partial charge in [0.15, 0.2) is 11.8 Å². The molecule has 1 aliphatic carbocycles. The molecule has 150 valence electrons. The van der Waals surface area contributed by atoms with E-state index in [1.807, 2.05) is 18.5 Å². The summed E-state index contributed by atoms with van der Waals surface area (Å²) >= 11 is 0. The zero-order valence-electron chi connectivity index (χ0n) is 16.6. The van der Waals surface area contributed by atoms with Crippen LogP contribution in [0.25, 0.3) is 0 Å². The van der Waals surface area contributed by atoms with Gasteiger partial charge < -0.3 is 20.3 Å². The molecule has 1 saturated carbocycles. The number of aliphatic hydroxyl groups is 1. The highest BCUT2D eigenvalue weighted by atomic mass is 127. The number of nitrogens with zero attached hydrogens (tertiary/aromatic N) is 4. The molecule has 1 heterocycles. The minimum Gasteiger partial charge on any atom is -0.392 e. The minimum atomic E-state index is -0.243. The van der Waals surface area contributed by atoms with Crippen molar-refractivity contribution in [3.8, 4) is 0 Å². The number of aliphatic imine (C=N–C) groups is 1. The predicted molar refractivity (Wildman–Crippen MR) is 116 cm³/mol. The summed E-state index contributed by atoms with van der Waals surface area (Å²) in [5.41, 5.74) is -0.0905. The van der Waals surface area contributed by atoms with Crippen LogP contribution in [0.3, 0.4) is 0 Å². The lowest BCUT2D eigenvalue weighted by atomic mass is 9.73. The van der Waals surface area contributed by atoms with E-state index >= 15 is 0 Å². The summed E-state index contributed by atoms with van der Waals surface area (Å²) < 4.78 is 1.96. The lowest BCUT2D eigenvalue weighted by Crippen LogP contribution is -2.48. The van der Waals surface area contributed by atoms with Gasteiger partial charge >= 0.3 is 0 Å². The van der Waals surface area contributed by atoms with Gasteiger partial charge in [-0.3, -0.25) is 0 Å². The highest BCUT2D eigenvalue weighted by Gasteiger charge is 2.35. The molecule has 2 unspecified atom stereocenters. The first-order valence-electron chi connectivity index (χ1n) is 9.51. The number of aryl methyl sites for hydroxylation is 1. The van der Waals surface area contributed by atoms with Crippen LogP contribution in [0.5, 0.6) is 0 Å². The van der Waals surface area contributed by atoms with Crippen molar-refractivity contribution < 1.29 is 5.11 Å². The van der Waals surface area contributed by atoms with E-state index < -0.39 is 0 Å². The van der Waals surface area contributed by atoms with Gasteiger partial charge in [0, 0.05) is 25.6 Å². The Kier molecular flexibility index (Phi) is 9.84. The molecule has 2 atom stereocenters. The molecule has 0 bridgehead atoms. The van der Waals surface area contributed by atoms with Crippen LogP contribution in [0, 0.1) is 12.3 Å². The molecule has 0 spiro atoms. The smallest absolute Gasteiger partial charge is 0.191 e. The third-order valence-corrected chi connectivity index (χ3v) is 5.32. The quantitative estimate of drug-likeness (QED) is 0.243. The number of hydrogen-bond donors (Lipinski definition) is 3. The van der Waals surface area contributed by atoms with E-state index in [9.17, 15) is 5.11 Å². The van der Waals surface area contributed by atoms with E-state index in [1.54, 1.807) is 0 Å². The van der Waals surface area contributed by atoms with Crippen LogP contribution in [0.15, 0.2) is 4.99 Å². The second-order valence-electron chi connectivity index (χ2n) is 7.44. The SMILES string of the molecule is CCCCNC(=NCc1nnc(C)n1C)NCC1(C)CCCCC1O.I. The van der Waals surface area contributed by atoms with Gasteiger partial charge in [-0.05, 0) is 26.2 Å². The molecule has 3 N–H and O–H groups in total. The van der Waals surface area contributed by atoms with Gasteiger partial charge in [-0.2, -0.15) is 0 Å². The Balaban J connectivity index is 0.00000338. The molecule has 26 heavy (non-hydrogen) atoms. The summed E-state index contributed by atoms with van der Waals surface area (Å²) in [5, 5.41) is 25.5. The maximum atomic E-state index is 10.4. The lowest BCUT2D eigenvalue weighted by molar-refractivity contribution is 0.00397. The Morgan fingerprint density at radius 3 is 2.73 bits per heavy atom. The van der Waals surface area contributed by atoms with Gasteiger partial charge in [0.2, 0.25) is 0 Å². The van der Waals surface area contributed by atoms with Crippen LogP contribution >= 0.6 is 24.0 Å². The van der Waals surface area contributed by atoms with Crippen molar-refractivity contribution in [3.05, 3.63) is 11.6 Å². The number of nitrogens with one attached hydrogen (secondary N) is 2. The lowest BCUT2D eigenvalue weighted by Gasteiger charge is -2.38. The van der Waals surface area contributed by atoms with Crippen LogP contribution in [-0.2, 0) is 13.6 Å². The predicted octanol–water partition coefficient (Wildman–Crippen LogP) is 2.52. The van der Waals surface area contributed by atoms with Crippen LogP contribution in [0.2, 0.25) is 0 Å². The van der Waals surface area contributed by atoms with Crippen molar-refractivity contribution in [1.82, 2.24) is 25.4 Å². The van der Waals surface area contributed by atoms with Crippen LogP contribution in [0.1, 0.15) is 64.0 Å². The first kappa shape index (κ1) is 23.1. The normalized spacial score (nSPS) is 23.4. The molecule has 1 fully saturated rings. The van der Waals surface area contributed by atoms with Crippen molar-refractivity contribution >= 4 is 29.9 Å². The van der Waals surface area contributed by atoms with E-state index in [1.165, 1.54) is 6.42 Å². The summed E-state index contributed by atoms with van der Waals surface area (Å²) in [5.74, 6) is 2.52. The topological polar surface area (TPSA) is 87.4 Å². The van der Waals surface area contributed by atoms with E-state index in [-0.39, 0.29) is 35.5 Å². The maximum absolute atomic E-state index is 10.4. The summed E-state index contributed by atoms with van der Waals surface area (Å²) in [4.78, 5) is 4.67. The monoisotopic (exact) mass is 478 g/mol. The number of aromatic nitrogens is 3. The zero-order valence-corrected chi connectivity index (χ0v) is 18.9. The first-order chi connectivity index (χ1) is 12.0. The van der Waals surface area contributed by atoms with Gasteiger partial charge in [0.25, 0.3) is 0 Å². The van der Waals surface area contributed by atoms with Crippen molar-refractivity contribution in [2.45, 2.75) is 71.9 Å².